The number of amides is 2. The van der Waals surface area contributed by atoms with Crippen LogP contribution in [-0.2, 0) is 32.6 Å². The normalized spacial score (nSPS) is 14.3. The van der Waals surface area contributed by atoms with Gasteiger partial charge >= 0.3 is 0 Å². The number of rotatable bonds is 12. The SMILES string of the molecule is Cc1ccc(S(=O)(=O)N(CC(=O)N(Cc2ccc(Cl)cc2Cl)[C@@H](Cc2ccccc2)C(=O)NC2CCCCC2)c2ccccc2)cc1. The highest BCUT2D eigenvalue weighted by molar-refractivity contribution is 7.92. The van der Waals surface area contributed by atoms with E-state index in [-0.39, 0.29) is 29.8 Å². The Morgan fingerprint density at radius 2 is 1.49 bits per heavy atom. The number of hydrogen-bond acceptors (Lipinski definition) is 4. The first kappa shape index (κ1) is 34.5. The number of hydrogen-bond donors (Lipinski definition) is 1. The van der Waals surface area contributed by atoms with Crippen LogP contribution in [0.2, 0.25) is 10.0 Å². The number of benzene rings is 4. The molecule has 10 heteroatoms. The van der Waals surface area contributed by atoms with Crippen molar-refractivity contribution in [3.8, 4) is 0 Å². The molecule has 1 saturated carbocycles. The zero-order valence-corrected chi connectivity index (χ0v) is 28.6. The fourth-order valence-corrected chi connectivity index (χ4v) is 7.77. The quantitative estimate of drug-likeness (QED) is 0.166. The van der Waals surface area contributed by atoms with Gasteiger partial charge in [0.05, 0.1) is 10.6 Å². The number of anilines is 1. The largest absolute Gasteiger partial charge is 0.352 e. The number of halogens is 2. The van der Waals surface area contributed by atoms with Gasteiger partial charge in [-0.25, -0.2) is 8.42 Å². The average Bonchev–Trinajstić information content (AvgIpc) is 3.07. The van der Waals surface area contributed by atoms with Gasteiger partial charge in [-0.1, -0.05) is 115 Å². The van der Waals surface area contributed by atoms with Gasteiger partial charge in [0.2, 0.25) is 11.8 Å². The summed E-state index contributed by atoms with van der Waals surface area (Å²) in [5, 5.41) is 3.99. The lowest BCUT2D eigenvalue weighted by Gasteiger charge is -2.35. The number of sulfonamides is 1. The second kappa shape index (κ2) is 15.8. The molecule has 5 rings (SSSR count). The zero-order chi connectivity index (χ0) is 33.4. The Kier molecular flexibility index (Phi) is 11.6. The number of carbonyl (C=O) groups is 2. The van der Waals surface area contributed by atoms with Crippen molar-refractivity contribution in [2.24, 2.45) is 0 Å². The highest BCUT2D eigenvalue weighted by Gasteiger charge is 2.35. The molecule has 2 amide bonds. The molecule has 47 heavy (non-hydrogen) atoms. The van der Waals surface area contributed by atoms with E-state index < -0.39 is 28.5 Å². The molecule has 0 aromatic heterocycles. The molecular weight excluding hydrogens is 653 g/mol. The van der Waals surface area contributed by atoms with Crippen LogP contribution in [-0.4, -0.2) is 43.8 Å². The van der Waals surface area contributed by atoms with Gasteiger partial charge in [-0.15, -0.1) is 0 Å². The second-order valence-corrected chi connectivity index (χ2v) is 14.7. The molecule has 0 heterocycles. The van der Waals surface area contributed by atoms with Gasteiger partial charge in [0, 0.05) is 29.1 Å². The summed E-state index contributed by atoms with van der Waals surface area (Å²) >= 11 is 12.8. The third-order valence-corrected chi connectivity index (χ3v) is 10.9. The Balaban J connectivity index is 1.56. The predicted octanol–water partition coefficient (Wildman–Crippen LogP) is 7.59. The summed E-state index contributed by atoms with van der Waals surface area (Å²) in [7, 11) is -4.17. The minimum atomic E-state index is -4.17. The Labute approximate surface area is 287 Å². The number of para-hydroxylation sites is 1. The molecule has 0 saturated heterocycles. The summed E-state index contributed by atoms with van der Waals surface area (Å²) in [4.78, 5) is 30.4. The lowest BCUT2D eigenvalue weighted by molar-refractivity contribution is -0.140. The van der Waals surface area contributed by atoms with Gasteiger partial charge in [-0.2, -0.15) is 0 Å². The van der Waals surface area contributed by atoms with Crippen LogP contribution in [0.1, 0.15) is 48.8 Å². The fourth-order valence-electron chi connectivity index (χ4n) is 5.89. The predicted molar refractivity (Wildman–Crippen MR) is 188 cm³/mol. The molecule has 7 nitrogen and oxygen atoms in total. The molecule has 0 bridgehead atoms. The monoisotopic (exact) mass is 691 g/mol. The molecule has 4 aromatic rings. The summed E-state index contributed by atoms with van der Waals surface area (Å²) < 4.78 is 29.4. The number of nitrogens with one attached hydrogen (secondary N) is 1. The standard InChI is InChI=1S/C37H39Cl2N3O4S/c1-27-17-21-33(22-18-27)47(45,46)42(32-15-9-4-10-16-32)26-36(43)41(25-29-19-20-30(38)24-34(29)39)35(23-28-11-5-2-6-12-28)37(44)40-31-13-7-3-8-14-31/h2,4-6,9-12,15-22,24,31,35H,3,7-8,13-14,23,25-26H2,1H3,(H,40,44)/t35-/m0/s1. The molecule has 1 atom stereocenters. The van der Waals surface area contributed by atoms with Gasteiger partial charge in [0.15, 0.2) is 0 Å². The van der Waals surface area contributed by atoms with Crippen molar-refractivity contribution in [2.45, 2.75) is 69.0 Å². The molecule has 1 aliphatic rings. The lowest BCUT2D eigenvalue weighted by atomic mass is 9.94. The van der Waals surface area contributed by atoms with Crippen LogP contribution >= 0.6 is 23.2 Å². The van der Waals surface area contributed by atoms with E-state index in [1.807, 2.05) is 37.3 Å². The van der Waals surface area contributed by atoms with E-state index in [2.05, 4.69) is 5.32 Å². The Bertz CT molecular complexity index is 1760. The van der Waals surface area contributed by atoms with Crippen LogP contribution in [0.3, 0.4) is 0 Å². The minimum Gasteiger partial charge on any atom is -0.352 e. The van der Waals surface area contributed by atoms with Crippen LogP contribution in [0, 0.1) is 6.92 Å². The maximum Gasteiger partial charge on any atom is 0.264 e. The summed E-state index contributed by atoms with van der Waals surface area (Å²) in [6.45, 7) is 1.31. The first-order valence-corrected chi connectivity index (χ1v) is 18.0. The van der Waals surface area contributed by atoms with Gasteiger partial charge < -0.3 is 10.2 Å². The maximum absolute atomic E-state index is 14.6. The number of aryl methyl sites for hydroxylation is 1. The van der Waals surface area contributed by atoms with E-state index in [4.69, 9.17) is 23.2 Å². The highest BCUT2D eigenvalue weighted by Crippen LogP contribution is 2.28. The van der Waals surface area contributed by atoms with Crippen LogP contribution in [0.25, 0.3) is 0 Å². The Morgan fingerprint density at radius 1 is 0.851 bits per heavy atom. The van der Waals surface area contributed by atoms with Crippen molar-refractivity contribution < 1.29 is 18.0 Å². The molecule has 1 N–H and O–H groups in total. The van der Waals surface area contributed by atoms with E-state index in [0.717, 1.165) is 47.5 Å². The summed E-state index contributed by atoms with van der Waals surface area (Å²) in [6, 6.07) is 28.6. The molecule has 1 aliphatic carbocycles. The van der Waals surface area contributed by atoms with Crippen molar-refractivity contribution in [2.75, 3.05) is 10.8 Å². The third-order valence-electron chi connectivity index (χ3n) is 8.51. The van der Waals surface area contributed by atoms with E-state index in [1.54, 1.807) is 60.7 Å². The molecule has 0 spiro atoms. The molecule has 1 fully saturated rings. The Morgan fingerprint density at radius 3 is 2.13 bits per heavy atom. The molecule has 0 aliphatic heterocycles. The van der Waals surface area contributed by atoms with Crippen molar-refractivity contribution in [3.63, 3.8) is 0 Å². The van der Waals surface area contributed by atoms with Gasteiger partial charge in [-0.05, 0) is 67.3 Å². The number of carbonyl (C=O) groups excluding carboxylic acids is 2. The summed E-state index contributed by atoms with van der Waals surface area (Å²) in [5.74, 6) is -0.831. The first-order chi connectivity index (χ1) is 22.6. The van der Waals surface area contributed by atoms with Crippen LogP contribution in [0.5, 0.6) is 0 Å². The molecular formula is C37H39Cl2N3O4S. The Hall–Kier alpha value is -3.85. The molecule has 0 unspecified atom stereocenters. The van der Waals surface area contributed by atoms with Gasteiger partial charge in [-0.3, -0.25) is 13.9 Å². The zero-order valence-electron chi connectivity index (χ0n) is 26.3. The maximum atomic E-state index is 14.6. The van der Waals surface area contributed by atoms with Crippen LogP contribution < -0.4 is 9.62 Å². The summed E-state index contributed by atoms with van der Waals surface area (Å²) in [5.41, 5.74) is 2.69. The first-order valence-electron chi connectivity index (χ1n) is 15.8. The highest BCUT2D eigenvalue weighted by atomic mass is 35.5. The number of nitrogens with zero attached hydrogens (tertiary/aromatic N) is 2. The van der Waals surface area contributed by atoms with Gasteiger partial charge in [0.25, 0.3) is 10.0 Å². The molecule has 0 radical (unpaired) electrons. The smallest absolute Gasteiger partial charge is 0.264 e. The van der Waals surface area contributed by atoms with E-state index in [0.29, 0.717) is 21.3 Å². The van der Waals surface area contributed by atoms with E-state index >= 15 is 0 Å². The van der Waals surface area contributed by atoms with E-state index in [1.165, 1.54) is 17.0 Å². The molecule has 246 valence electrons. The third kappa shape index (κ3) is 8.95. The van der Waals surface area contributed by atoms with Crippen LogP contribution in [0.4, 0.5) is 5.69 Å². The van der Waals surface area contributed by atoms with Crippen molar-refractivity contribution in [1.82, 2.24) is 10.2 Å². The molecule has 4 aromatic carbocycles. The van der Waals surface area contributed by atoms with E-state index in [9.17, 15) is 18.0 Å². The minimum absolute atomic E-state index is 0.00771. The van der Waals surface area contributed by atoms with Crippen molar-refractivity contribution >= 4 is 50.7 Å². The van der Waals surface area contributed by atoms with Gasteiger partial charge in [0.1, 0.15) is 12.6 Å². The van der Waals surface area contributed by atoms with Crippen LogP contribution in [0.15, 0.2) is 108 Å². The lowest BCUT2D eigenvalue weighted by Crippen LogP contribution is -2.55. The van der Waals surface area contributed by atoms with Crippen molar-refractivity contribution in [1.29, 1.82) is 0 Å². The van der Waals surface area contributed by atoms with Crippen molar-refractivity contribution in [3.05, 3.63) is 130 Å². The average molecular weight is 693 g/mol. The summed E-state index contributed by atoms with van der Waals surface area (Å²) in [6.07, 6.45) is 5.16. The second-order valence-electron chi connectivity index (χ2n) is 12.0. The topological polar surface area (TPSA) is 86.8 Å². The fraction of sp³-hybridized carbons (Fsp3) is 0.297.